The first-order valence-electron chi connectivity index (χ1n) is 10.7. The van der Waals surface area contributed by atoms with E-state index in [1.807, 2.05) is 25.8 Å². The molecule has 1 amide bonds. The zero-order chi connectivity index (χ0) is 23.0. The second kappa shape index (κ2) is 11.9. The van der Waals surface area contributed by atoms with Crippen molar-refractivity contribution in [2.24, 2.45) is 4.99 Å². The van der Waals surface area contributed by atoms with Crippen LogP contribution in [-0.4, -0.2) is 53.1 Å². The third-order valence-electron chi connectivity index (χ3n) is 5.66. The van der Waals surface area contributed by atoms with Crippen molar-refractivity contribution in [2.45, 2.75) is 59.0 Å². The Morgan fingerprint density at radius 3 is 2.84 bits per heavy atom. The van der Waals surface area contributed by atoms with E-state index < -0.39 is 0 Å². The van der Waals surface area contributed by atoms with Crippen molar-refractivity contribution in [3.8, 4) is 0 Å². The summed E-state index contributed by atoms with van der Waals surface area (Å²) < 4.78 is 5.62. The summed E-state index contributed by atoms with van der Waals surface area (Å²) in [6.45, 7) is 9.88. The summed E-state index contributed by atoms with van der Waals surface area (Å²) >= 11 is 6.15. The number of carbonyl (C=O) groups excluding carboxylic acids is 1. The number of amides is 1. The number of hydrogen-bond acceptors (Lipinski definition) is 5. The maximum atomic E-state index is 12.9. The summed E-state index contributed by atoms with van der Waals surface area (Å²) in [5.41, 5.74) is 2.75. The number of hydrogen-bond donors (Lipinski definition) is 1. The second-order valence-electron chi connectivity index (χ2n) is 7.81. The Bertz CT molecular complexity index is 839. The zero-order valence-corrected chi connectivity index (χ0v) is 19.8. The molecule has 0 radical (unpaired) electrons. The molecule has 1 aliphatic carbocycles. The number of allylic oxidation sites excluding steroid dienone is 5. The fourth-order valence-corrected chi connectivity index (χ4v) is 3.78. The van der Waals surface area contributed by atoms with Gasteiger partial charge in [-0.1, -0.05) is 42.0 Å². The molecule has 7 heteroatoms. The molecule has 6 nitrogen and oxygen atoms in total. The van der Waals surface area contributed by atoms with E-state index in [0.29, 0.717) is 30.3 Å². The highest BCUT2D eigenvalue weighted by molar-refractivity contribution is 6.29. The molecule has 0 bridgehead atoms. The Morgan fingerprint density at radius 2 is 2.16 bits per heavy atom. The molecule has 31 heavy (non-hydrogen) atoms. The van der Waals surface area contributed by atoms with Crippen LogP contribution in [0.3, 0.4) is 0 Å². The smallest absolute Gasteiger partial charge is 0.254 e. The predicted molar refractivity (Wildman–Crippen MR) is 126 cm³/mol. The highest BCUT2D eigenvalue weighted by Crippen LogP contribution is 2.26. The first kappa shape index (κ1) is 25.0. The molecular weight excluding hydrogens is 414 g/mol. The standard InChI is InChI=1S/C24H34ClN3O3/c1-6-31-23(17(2)11-12-20-9-7-10-21(25)14-13-20)26-22-18(3)24(30)28(15-8-16-29)19(4)27(22)5/h6,9-11,19,29H,1,7-8,12-16H2,2-5H3/b17-11-,26-23?. The van der Waals surface area contributed by atoms with Gasteiger partial charge >= 0.3 is 0 Å². The van der Waals surface area contributed by atoms with Crippen molar-refractivity contribution < 1.29 is 14.6 Å². The molecule has 1 aliphatic heterocycles. The first-order chi connectivity index (χ1) is 14.8. The monoisotopic (exact) mass is 447 g/mol. The van der Waals surface area contributed by atoms with Crippen LogP contribution in [0, 0.1) is 0 Å². The topological polar surface area (TPSA) is 65.4 Å². The maximum absolute atomic E-state index is 12.9. The summed E-state index contributed by atoms with van der Waals surface area (Å²) in [5.74, 6) is 0.919. The van der Waals surface area contributed by atoms with Crippen molar-refractivity contribution in [1.82, 2.24) is 9.80 Å². The summed E-state index contributed by atoms with van der Waals surface area (Å²) in [5, 5.41) is 10.1. The van der Waals surface area contributed by atoms with E-state index in [2.05, 4.69) is 24.8 Å². The Balaban J connectivity index is 2.27. The van der Waals surface area contributed by atoms with Gasteiger partial charge in [0.2, 0.25) is 5.90 Å². The maximum Gasteiger partial charge on any atom is 0.254 e. The second-order valence-corrected chi connectivity index (χ2v) is 8.29. The molecule has 0 spiro atoms. The van der Waals surface area contributed by atoms with E-state index in [1.165, 1.54) is 11.8 Å². The minimum atomic E-state index is -0.177. The highest BCUT2D eigenvalue weighted by atomic mass is 35.5. The van der Waals surface area contributed by atoms with Crippen molar-refractivity contribution in [3.05, 3.63) is 58.6 Å². The third kappa shape index (κ3) is 6.58. The number of rotatable bonds is 8. The Kier molecular flexibility index (Phi) is 9.59. The van der Waals surface area contributed by atoms with Crippen LogP contribution in [-0.2, 0) is 9.53 Å². The van der Waals surface area contributed by atoms with Gasteiger partial charge in [0.25, 0.3) is 5.91 Å². The Labute approximate surface area is 190 Å². The summed E-state index contributed by atoms with van der Waals surface area (Å²) in [6.07, 6.45) is 11.5. The lowest BCUT2D eigenvalue weighted by Crippen LogP contribution is -2.52. The lowest BCUT2D eigenvalue weighted by atomic mass is 10.1. The van der Waals surface area contributed by atoms with Crippen LogP contribution < -0.4 is 0 Å². The molecule has 0 aromatic heterocycles. The van der Waals surface area contributed by atoms with Gasteiger partial charge in [0.15, 0.2) is 0 Å². The summed E-state index contributed by atoms with van der Waals surface area (Å²) in [7, 11) is 1.91. The largest absolute Gasteiger partial charge is 0.447 e. The Hall–Kier alpha value is -2.31. The van der Waals surface area contributed by atoms with Crippen LogP contribution in [0.1, 0.15) is 52.9 Å². The number of nitrogens with zero attached hydrogens (tertiary/aromatic N) is 3. The van der Waals surface area contributed by atoms with Crippen molar-refractivity contribution in [2.75, 3.05) is 20.2 Å². The van der Waals surface area contributed by atoms with E-state index in [4.69, 9.17) is 26.4 Å². The van der Waals surface area contributed by atoms with Crippen molar-refractivity contribution >= 4 is 23.4 Å². The van der Waals surface area contributed by atoms with Crippen LogP contribution in [0.4, 0.5) is 0 Å². The number of carbonyl (C=O) groups is 1. The predicted octanol–water partition coefficient (Wildman–Crippen LogP) is 4.85. The molecule has 2 rings (SSSR count). The van der Waals surface area contributed by atoms with Crippen LogP contribution >= 0.6 is 11.6 Å². The minimum absolute atomic E-state index is 0.0496. The van der Waals surface area contributed by atoms with Crippen LogP contribution in [0.25, 0.3) is 0 Å². The molecule has 0 saturated carbocycles. The molecule has 0 saturated heterocycles. The quantitative estimate of drug-likeness (QED) is 0.250. The van der Waals surface area contributed by atoms with Crippen molar-refractivity contribution in [3.63, 3.8) is 0 Å². The molecular formula is C24H34ClN3O3. The van der Waals surface area contributed by atoms with Gasteiger partial charge in [0.05, 0.1) is 11.8 Å². The van der Waals surface area contributed by atoms with E-state index in [9.17, 15) is 4.79 Å². The molecule has 1 unspecified atom stereocenters. The first-order valence-corrected chi connectivity index (χ1v) is 11.1. The van der Waals surface area contributed by atoms with Gasteiger partial charge in [-0.3, -0.25) is 4.79 Å². The van der Waals surface area contributed by atoms with Crippen LogP contribution in [0.5, 0.6) is 0 Å². The van der Waals surface area contributed by atoms with Gasteiger partial charge in [0, 0.05) is 30.8 Å². The molecule has 2 aliphatic rings. The fourth-order valence-electron chi connectivity index (χ4n) is 3.60. The van der Waals surface area contributed by atoms with E-state index in [0.717, 1.165) is 36.3 Å². The molecule has 1 atom stereocenters. The van der Waals surface area contributed by atoms with Gasteiger partial charge in [0.1, 0.15) is 12.0 Å². The zero-order valence-electron chi connectivity index (χ0n) is 19.0. The summed E-state index contributed by atoms with van der Waals surface area (Å²) in [4.78, 5) is 21.3. The molecule has 0 aromatic rings. The minimum Gasteiger partial charge on any atom is -0.447 e. The number of aliphatic imine (C=N–C) groups is 1. The lowest BCUT2D eigenvalue weighted by Gasteiger charge is -2.41. The SMILES string of the molecule is C=COC(=NC1=C(C)C(=O)N(CCCO)C(C)N1C)/C(C)=C\CC1=CCC=C(Cl)CC1. The average molecular weight is 448 g/mol. The molecule has 1 heterocycles. The average Bonchev–Trinajstić information content (AvgIpc) is 2.97. The van der Waals surface area contributed by atoms with Gasteiger partial charge in [-0.2, -0.15) is 4.99 Å². The van der Waals surface area contributed by atoms with Gasteiger partial charge < -0.3 is 19.6 Å². The summed E-state index contributed by atoms with van der Waals surface area (Å²) in [6, 6.07) is 0. The molecule has 1 N–H and O–H groups in total. The van der Waals surface area contributed by atoms with Crippen LogP contribution in [0.2, 0.25) is 0 Å². The van der Waals surface area contributed by atoms with Gasteiger partial charge in [-0.25, -0.2) is 0 Å². The van der Waals surface area contributed by atoms with E-state index in [-0.39, 0.29) is 18.7 Å². The Morgan fingerprint density at radius 1 is 1.42 bits per heavy atom. The fraction of sp³-hybridized carbons (Fsp3) is 0.500. The van der Waals surface area contributed by atoms with E-state index in [1.54, 1.807) is 11.8 Å². The number of ether oxygens (including phenoxy) is 1. The van der Waals surface area contributed by atoms with E-state index >= 15 is 0 Å². The van der Waals surface area contributed by atoms with Crippen molar-refractivity contribution in [1.29, 1.82) is 0 Å². The normalized spacial score (nSPS) is 21.1. The molecule has 0 aromatic carbocycles. The third-order valence-corrected chi connectivity index (χ3v) is 6.00. The number of aliphatic hydroxyl groups is 1. The molecule has 170 valence electrons. The highest BCUT2D eigenvalue weighted by Gasteiger charge is 2.33. The number of halogens is 1. The van der Waals surface area contributed by atoms with Gasteiger partial charge in [-0.05, 0) is 52.9 Å². The number of aliphatic hydroxyl groups excluding tert-OH is 1. The van der Waals surface area contributed by atoms with Gasteiger partial charge in [-0.15, -0.1) is 0 Å². The lowest BCUT2D eigenvalue weighted by molar-refractivity contribution is -0.134. The van der Waals surface area contributed by atoms with Crippen LogP contribution in [0.15, 0.2) is 63.6 Å². The molecule has 0 fully saturated rings.